The maximum Gasteiger partial charge on any atom is 0.184 e. The molecule has 0 aromatic rings. The second-order valence-corrected chi connectivity index (χ2v) is 5.70. The highest BCUT2D eigenvalue weighted by Gasteiger charge is 2.12. The van der Waals surface area contributed by atoms with E-state index >= 15 is 0 Å². The summed E-state index contributed by atoms with van der Waals surface area (Å²) in [5.74, 6) is 0. The molecule has 0 unspecified atom stereocenters. The van der Waals surface area contributed by atoms with Crippen molar-refractivity contribution in [3.05, 3.63) is 25.3 Å². The van der Waals surface area contributed by atoms with Crippen LogP contribution < -0.4 is 0 Å². The standard InChI is InChI=1S/C11H22OSi/c1-5-9-13(10-6-2)12-11(7-3)8-4/h5-6,11,13H,1-2,7-10H2,3-4H3. The van der Waals surface area contributed by atoms with Gasteiger partial charge in [-0.05, 0) is 24.9 Å². The van der Waals surface area contributed by atoms with Gasteiger partial charge < -0.3 is 4.43 Å². The van der Waals surface area contributed by atoms with E-state index < -0.39 is 9.04 Å². The first kappa shape index (κ1) is 12.7. The zero-order chi connectivity index (χ0) is 10.1. The summed E-state index contributed by atoms with van der Waals surface area (Å²) in [7, 11) is -1.06. The first-order chi connectivity index (χ1) is 6.28. The lowest BCUT2D eigenvalue weighted by Gasteiger charge is -2.20. The minimum atomic E-state index is -1.06. The van der Waals surface area contributed by atoms with Crippen LogP contribution >= 0.6 is 0 Å². The second kappa shape index (κ2) is 8.26. The number of rotatable bonds is 8. The zero-order valence-electron chi connectivity index (χ0n) is 8.96. The number of hydrogen-bond donors (Lipinski definition) is 0. The van der Waals surface area contributed by atoms with Crippen molar-refractivity contribution in [3.63, 3.8) is 0 Å². The van der Waals surface area contributed by atoms with Crippen molar-refractivity contribution >= 4 is 9.04 Å². The van der Waals surface area contributed by atoms with Gasteiger partial charge in [-0.3, -0.25) is 0 Å². The third kappa shape index (κ3) is 5.83. The maximum absolute atomic E-state index is 6.03. The summed E-state index contributed by atoms with van der Waals surface area (Å²) >= 11 is 0. The van der Waals surface area contributed by atoms with Gasteiger partial charge in [0.1, 0.15) is 0 Å². The summed E-state index contributed by atoms with van der Waals surface area (Å²) < 4.78 is 6.03. The van der Waals surface area contributed by atoms with Crippen LogP contribution in [0.1, 0.15) is 26.7 Å². The predicted octanol–water partition coefficient (Wildman–Crippen LogP) is 3.29. The van der Waals surface area contributed by atoms with Crippen molar-refractivity contribution in [2.24, 2.45) is 0 Å². The van der Waals surface area contributed by atoms with Gasteiger partial charge in [-0.1, -0.05) is 26.0 Å². The monoisotopic (exact) mass is 198 g/mol. The molecule has 0 amide bonds. The molecule has 0 saturated carbocycles. The molecule has 0 aromatic carbocycles. The third-order valence-electron chi connectivity index (χ3n) is 2.15. The van der Waals surface area contributed by atoms with E-state index in [1.165, 1.54) is 0 Å². The molecular formula is C11H22OSi. The zero-order valence-corrected chi connectivity index (χ0v) is 10.1. The predicted molar refractivity (Wildman–Crippen MR) is 62.6 cm³/mol. The first-order valence-electron chi connectivity index (χ1n) is 5.15. The van der Waals surface area contributed by atoms with Crippen LogP contribution in [0.3, 0.4) is 0 Å². The molecular weight excluding hydrogens is 176 g/mol. The summed E-state index contributed by atoms with van der Waals surface area (Å²) in [6, 6.07) is 2.12. The highest BCUT2D eigenvalue weighted by atomic mass is 28.3. The van der Waals surface area contributed by atoms with Gasteiger partial charge in [-0.2, -0.15) is 0 Å². The Balaban J connectivity index is 3.89. The van der Waals surface area contributed by atoms with Gasteiger partial charge in [0, 0.05) is 6.10 Å². The molecule has 0 rings (SSSR count). The third-order valence-corrected chi connectivity index (χ3v) is 4.64. The van der Waals surface area contributed by atoms with E-state index in [4.69, 9.17) is 4.43 Å². The lowest BCUT2D eigenvalue weighted by atomic mass is 10.2. The van der Waals surface area contributed by atoms with Gasteiger partial charge in [0.05, 0.1) is 0 Å². The Morgan fingerprint density at radius 2 is 1.62 bits per heavy atom. The Hall–Kier alpha value is -0.343. The van der Waals surface area contributed by atoms with Crippen LogP contribution in [-0.2, 0) is 4.43 Å². The fourth-order valence-corrected chi connectivity index (χ4v) is 3.42. The van der Waals surface area contributed by atoms with Crippen molar-refractivity contribution in [3.8, 4) is 0 Å². The molecule has 0 aliphatic heterocycles. The average Bonchev–Trinajstić information content (AvgIpc) is 2.14. The minimum absolute atomic E-state index is 0.455. The van der Waals surface area contributed by atoms with Crippen LogP contribution in [0.15, 0.2) is 25.3 Å². The van der Waals surface area contributed by atoms with Crippen LogP contribution in [0.25, 0.3) is 0 Å². The van der Waals surface area contributed by atoms with Crippen molar-refractivity contribution < 1.29 is 4.43 Å². The molecule has 2 heteroatoms. The molecule has 0 atom stereocenters. The molecule has 0 fully saturated rings. The molecule has 0 aliphatic carbocycles. The van der Waals surface area contributed by atoms with Gasteiger partial charge in [0.25, 0.3) is 0 Å². The van der Waals surface area contributed by atoms with E-state index in [1.54, 1.807) is 0 Å². The molecule has 0 radical (unpaired) electrons. The smallest absolute Gasteiger partial charge is 0.184 e. The molecule has 0 saturated heterocycles. The SMILES string of the molecule is C=CC[SiH](CC=C)OC(CC)CC. The largest absolute Gasteiger partial charge is 0.417 e. The molecule has 76 valence electrons. The van der Waals surface area contributed by atoms with Gasteiger partial charge in [-0.25, -0.2) is 0 Å². The Morgan fingerprint density at radius 1 is 1.15 bits per heavy atom. The lowest BCUT2D eigenvalue weighted by molar-refractivity contribution is 0.193. The van der Waals surface area contributed by atoms with Crippen molar-refractivity contribution in [2.45, 2.75) is 44.9 Å². The molecule has 0 heterocycles. The van der Waals surface area contributed by atoms with Gasteiger partial charge >= 0.3 is 0 Å². The Bertz CT molecular complexity index is 131. The molecule has 0 bridgehead atoms. The van der Waals surface area contributed by atoms with Crippen LogP contribution in [-0.4, -0.2) is 15.1 Å². The van der Waals surface area contributed by atoms with Gasteiger partial charge in [0.2, 0.25) is 0 Å². The fraction of sp³-hybridized carbons (Fsp3) is 0.636. The highest BCUT2D eigenvalue weighted by molar-refractivity contribution is 6.52. The van der Waals surface area contributed by atoms with Crippen LogP contribution in [0.4, 0.5) is 0 Å². The second-order valence-electron chi connectivity index (χ2n) is 3.25. The van der Waals surface area contributed by atoms with Crippen molar-refractivity contribution in [2.75, 3.05) is 0 Å². The van der Waals surface area contributed by atoms with Crippen LogP contribution in [0.2, 0.25) is 12.1 Å². The van der Waals surface area contributed by atoms with E-state index in [2.05, 4.69) is 27.0 Å². The van der Waals surface area contributed by atoms with E-state index in [1.807, 2.05) is 12.2 Å². The molecule has 0 N–H and O–H groups in total. The van der Waals surface area contributed by atoms with Gasteiger partial charge in [-0.15, -0.1) is 13.2 Å². The highest BCUT2D eigenvalue weighted by Crippen LogP contribution is 2.11. The Kier molecular flexibility index (Phi) is 8.05. The molecule has 0 spiro atoms. The van der Waals surface area contributed by atoms with E-state index in [0.29, 0.717) is 6.10 Å². The van der Waals surface area contributed by atoms with Crippen LogP contribution in [0.5, 0.6) is 0 Å². The first-order valence-corrected chi connectivity index (χ1v) is 7.26. The van der Waals surface area contributed by atoms with Crippen molar-refractivity contribution in [1.82, 2.24) is 0 Å². The molecule has 13 heavy (non-hydrogen) atoms. The molecule has 0 aromatic heterocycles. The lowest BCUT2D eigenvalue weighted by Crippen LogP contribution is -2.23. The maximum atomic E-state index is 6.03. The van der Waals surface area contributed by atoms with Gasteiger partial charge in [0.15, 0.2) is 9.04 Å². The summed E-state index contributed by atoms with van der Waals surface area (Å²) in [5, 5.41) is 0. The number of allylic oxidation sites excluding steroid dienone is 2. The average molecular weight is 198 g/mol. The summed E-state index contributed by atoms with van der Waals surface area (Å²) in [6.45, 7) is 11.9. The molecule has 0 aliphatic rings. The van der Waals surface area contributed by atoms with Crippen molar-refractivity contribution in [1.29, 1.82) is 0 Å². The summed E-state index contributed by atoms with van der Waals surface area (Å²) in [4.78, 5) is 0. The normalized spacial score (nSPS) is 10.8. The Morgan fingerprint density at radius 3 is 1.92 bits per heavy atom. The van der Waals surface area contributed by atoms with E-state index in [0.717, 1.165) is 24.9 Å². The summed E-state index contributed by atoms with van der Waals surface area (Å²) in [6.07, 6.45) is 6.64. The topological polar surface area (TPSA) is 9.23 Å². The quantitative estimate of drug-likeness (QED) is 0.429. The minimum Gasteiger partial charge on any atom is -0.417 e. The van der Waals surface area contributed by atoms with Crippen LogP contribution in [0, 0.1) is 0 Å². The Labute approximate surface area is 84.2 Å². The fourth-order valence-electron chi connectivity index (χ4n) is 1.33. The number of hydrogen-bond acceptors (Lipinski definition) is 1. The van der Waals surface area contributed by atoms with E-state index in [9.17, 15) is 0 Å². The molecule has 1 nitrogen and oxygen atoms in total. The van der Waals surface area contributed by atoms with E-state index in [-0.39, 0.29) is 0 Å². The summed E-state index contributed by atoms with van der Waals surface area (Å²) in [5.41, 5.74) is 0.